The third-order valence-electron chi connectivity index (χ3n) is 5.83. The summed E-state index contributed by atoms with van der Waals surface area (Å²) in [5, 5.41) is 3.33. The normalized spacial score (nSPS) is 18.8. The number of hydrogen-bond acceptors (Lipinski definition) is 3. The van der Waals surface area contributed by atoms with E-state index >= 15 is 0 Å². The molecule has 1 N–H and O–H groups in total. The Balaban J connectivity index is 1.34. The maximum Gasteiger partial charge on any atom is 0.230 e. The van der Waals surface area contributed by atoms with Crippen LogP contribution in [0.5, 0.6) is 5.75 Å². The molecule has 1 amide bonds. The van der Waals surface area contributed by atoms with E-state index in [4.69, 9.17) is 4.74 Å². The van der Waals surface area contributed by atoms with Crippen molar-refractivity contribution in [3.05, 3.63) is 58.6 Å². The minimum Gasteiger partial charge on any atom is -0.497 e. The number of methoxy groups -OCH3 is 1. The van der Waals surface area contributed by atoms with E-state index in [2.05, 4.69) is 50.4 Å². The van der Waals surface area contributed by atoms with Gasteiger partial charge in [-0.25, -0.2) is 0 Å². The van der Waals surface area contributed by atoms with Gasteiger partial charge in [0.15, 0.2) is 0 Å². The Morgan fingerprint density at radius 3 is 2.44 bits per heavy atom. The van der Waals surface area contributed by atoms with E-state index in [0.717, 1.165) is 54.6 Å². The summed E-state index contributed by atoms with van der Waals surface area (Å²) in [7, 11) is 1.68. The number of rotatable bonds is 5. The van der Waals surface area contributed by atoms with Gasteiger partial charge < -0.3 is 15.0 Å². The maximum absolute atomic E-state index is 13.0. The molecule has 0 atom stereocenters. The molecule has 142 valence electrons. The summed E-state index contributed by atoms with van der Waals surface area (Å²) in [6, 6.07) is 16.6. The van der Waals surface area contributed by atoms with Crippen LogP contribution in [0.15, 0.2) is 53.0 Å². The Morgan fingerprint density at radius 1 is 1.15 bits per heavy atom. The van der Waals surface area contributed by atoms with Crippen LogP contribution in [0.4, 0.5) is 5.69 Å². The minimum atomic E-state index is -0.309. The number of nitrogens with one attached hydrogen (secondary N) is 1. The Kier molecular flexibility index (Phi) is 5.13. The predicted molar refractivity (Wildman–Crippen MR) is 111 cm³/mol. The summed E-state index contributed by atoms with van der Waals surface area (Å²) < 4.78 is 6.26. The van der Waals surface area contributed by atoms with Crippen molar-refractivity contribution in [3.63, 3.8) is 0 Å². The van der Waals surface area contributed by atoms with E-state index in [0.29, 0.717) is 0 Å². The zero-order chi connectivity index (χ0) is 18.9. The molecule has 2 fully saturated rings. The van der Waals surface area contributed by atoms with E-state index in [-0.39, 0.29) is 17.4 Å². The van der Waals surface area contributed by atoms with Crippen LogP contribution >= 0.6 is 15.9 Å². The van der Waals surface area contributed by atoms with E-state index in [1.807, 2.05) is 24.3 Å². The first kappa shape index (κ1) is 18.4. The second-order valence-electron chi connectivity index (χ2n) is 7.53. The van der Waals surface area contributed by atoms with Crippen LogP contribution in [0.3, 0.4) is 0 Å². The second kappa shape index (κ2) is 7.55. The lowest BCUT2D eigenvalue weighted by atomic mass is 9.94. The van der Waals surface area contributed by atoms with Crippen molar-refractivity contribution in [1.29, 1.82) is 0 Å². The van der Waals surface area contributed by atoms with Gasteiger partial charge in [-0.05, 0) is 67.6 Å². The van der Waals surface area contributed by atoms with Crippen molar-refractivity contribution in [2.45, 2.75) is 37.1 Å². The number of benzene rings is 2. The standard InChI is InChI=1S/C22H25BrN2O2/c1-27-20-7-5-19(6-8-20)25-13-9-18(10-14-25)24-21(26)22(11-12-22)16-3-2-4-17(23)15-16/h2-8,15,18H,9-14H2,1H3,(H,24,26). The molecule has 0 unspecified atom stereocenters. The van der Waals surface area contributed by atoms with Crippen molar-refractivity contribution in [1.82, 2.24) is 5.32 Å². The number of piperidine rings is 1. The van der Waals surface area contributed by atoms with Crippen LogP contribution in [0.1, 0.15) is 31.2 Å². The van der Waals surface area contributed by atoms with E-state index in [9.17, 15) is 4.79 Å². The van der Waals surface area contributed by atoms with Crippen molar-refractivity contribution < 1.29 is 9.53 Å². The van der Waals surface area contributed by atoms with Gasteiger partial charge in [-0.15, -0.1) is 0 Å². The average Bonchev–Trinajstić information content (AvgIpc) is 3.51. The SMILES string of the molecule is COc1ccc(N2CCC(NC(=O)C3(c4cccc(Br)c4)CC3)CC2)cc1. The monoisotopic (exact) mass is 428 g/mol. The molecule has 1 aliphatic carbocycles. The van der Waals surface area contributed by atoms with E-state index < -0.39 is 0 Å². The lowest BCUT2D eigenvalue weighted by Crippen LogP contribution is -2.47. The number of carbonyl (C=O) groups excluding carboxylic acids is 1. The van der Waals surface area contributed by atoms with E-state index in [1.54, 1.807) is 7.11 Å². The summed E-state index contributed by atoms with van der Waals surface area (Å²) in [6.45, 7) is 1.92. The lowest BCUT2D eigenvalue weighted by Gasteiger charge is -2.34. The molecule has 1 heterocycles. The van der Waals surface area contributed by atoms with Gasteiger partial charge in [0.05, 0.1) is 12.5 Å². The highest BCUT2D eigenvalue weighted by molar-refractivity contribution is 9.10. The molecule has 27 heavy (non-hydrogen) atoms. The van der Waals surface area contributed by atoms with Gasteiger partial charge in [-0.3, -0.25) is 4.79 Å². The van der Waals surface area contributed by atoms with Gasteiger partial charge >= 0.3 is 0 Å². The summed E-state index contributed by atoms with van der Waals surface area (Å²) in [5.74, 6) is 1.08. The van der Waals surface area contributed by atoms with Gasteiger partial charge in [0, 0.05) is 29.3 Å². The van der Waals surface area contributed by atoms with Crippen LogP contribution in [0, 0.1) is 0 Å². The smallest absolute Gasteiger partial charge is 0.230 e. The molecular weight excluding hydrogens is 404 g/mol. The fourth-order valence-corrected chi connectivity index (χ4v) is 4.36. The highest BCUT2D eigenvalue weighted by Gasteiger charge is 2.51. The molecule has 4 rings (SSSR count). The zero-order valence-electron chi connectivity index (χ0n) is 15.6. The zero-order valence-corrected chi connectivity index (χ0v) is 17.2. The number of halogens is 1. The van der Waals surface area contributed by atoms with Gasteiger partial charge in [0.25, 0.3) is 0 Å². The van der Waals surface area contributed by atoms with Crippen LogP contribution in [-0.2, 0) is 10.2 Å². The van der Waals surface area contributed by atoms with Crippen molar-refractivity contribution in [3.8, 4) is 5.75 Å². The van der Waals surface area contributed by atoms with Gasteiger partial charge in [-0.2, -0.15) is 0 Å². The Bertz CT molecular complexity index is 809. The number of anilines is 1. The van der Waals surface area contributed by atoms with Crippen LogP contribution in [0.2, 0.25) is 0 Å². The first-order chi connectivity index (χ1) is 13.1. The van der Waals surface area contributed by atoms with Crippen molar-refractivity contribution in [2.75, 3.05) is 25.1 Å². The average molecular weight is 429 g/mol. The molecule has 1 aliphatic heterocycles. The summed E-state index contributed by atoms with van der Waals surface area (Å²) in [5.41, 5.74) is 2.04. The molecule has 0 spiro atoms. The van der Waals surface area contributed by atoms with Crippen molar-refractivity contribution in [2.24, 2.45) is 0 Å². The first-order valence-corrected chi connectivity index (χ1v) is 10.4. The van der Waals surface area contributed by atoms with Crippen molar-refractivity contribution >= 4 is 27.5 Å². The summed E-state index contributed by atoms with van der Waals surface area (Å²) in [4.78, 5) is 15.4. The third-order valence-corrected chi connectivity index (χ3v) is 6.32. The Labute approximate surface area is 169 Å². The number of nitrogens with zero attached hydrogens (tertiary/aromatic N) is 1. The van der Waals surface area contributed by atoms with E-state index in [1.165, 1.54) is 5.69 Å². The highest BCUT2D eigenvalue weighted by atomic mass is 79.9. The summed E-state index contributed by atoms with van der Waals surface area (Å²) >= 11 is 3.52. The molecule has 0 aromatic heterocycles. The Hall–Kier alpha value is -2.01. The van der Waals surface area contributed by atoms with Gasteiger partial charge in [0.1, 0.15) is 5.75 Å². The molecule has 0 radical (unpaired) electrons. The fraction of sp³-hybridized carbons (Fsp3) is 0.409. The molecule has 2 aromatic rings. The number of hydrogen-bond donors (Lipinski definition) is 1. The molecule has 2 aromatic carbocycles. The van der Waals surface area contributed by atoms with Crippen LogP contribution in [0.25, 0.3) is 0 Å². The fourth-order valence-electron chi connectivity index (χ4n) is 3.96. The molecule has 1 saturated carbocycles. The molecule has 0 bridgehead atoms. The van der Waals surface area contributed by atoms with Gasteiger partial charge in [-0.1, -0.05) is 28.1 Å². The largest absolute Gasteiger partial charge is 0.497 e. The lowest BCUT2D eigenvalue weighted by molar-refractivity contribution is -0.124. The molecule has 1 saturated heterocycles. The summed E-state index contributed by atoms with van der Waals surface area (Å²) in [6.07, 6.45) is 3.85. The molecule has 4 nitrogen and oxygen atoms in total. The first-order valence-electron chi connectivity index (χ1n) is 9.57. The Morgan fingerprint density at radius 2 is 1.85 bits per heavy atom. The molecular formula is C22H25BrN2O2. The number of amides is 1. The van der Waals surface area contributed by atoms with Crippen LogP contribution in [-0.4, -0.2) is 32.1 Å². The third kappa shape index (κ3) is 3.84. The minimum absolute atomic E-state index is 0.198. The maximum atomic E-state index is 13.0. The number of ether oxygens (including phenoxy) is 1. The number of carbonyl (C=O) groups is 1. The van der Waals surface area contributed by atoms with Crippen LogP contribution < -0.4 is 15.0 Å². The molecule has 2 aliphatic rings. The predicted octanol–water partition coefficient (Wildman–Crippen LogP) is 4.27. The topological polar surface area (TPSA) is 41.6 Å². The highest BCUT2D eigenvalue weighted by Crippen LogP contribution is 2.49. The van der Waals surface area contributed by atoms with Gasteiger partial charge in [0.2, 0.25) is 5.91 Å². The second-order valence-corrected chi connectivity index (χ2v) is 8.44. The molecule has 5 heteroatoms. The quantitative estimate of drug-likeness (QED) is 0.772.